The van der Waals surface area contributed by atoms with Crippen molar-refractivity contribution in [2.45, 2.75) is 18.8 Å². The number of rotatable bonds is 3. The van der Waals surface area contributed by atoms with E-state index >= 15 is 0 Å². The molecule has 0 spiro atoms. The van der Waals surface area contributed by atoms with Gasteiger partial charge < -0.3 is 5.01 Å². The molecular formula is C7H12F2N2. The van der Waals surface area contributed by atoms with Crippen LogP contribution < -0.4 is 0 Å². The highest BCUT2D eigenvalue weighted by Gasteiger charge is 2.45. The van der Waals surface area contributed by atoms with Gasteiger partial charge in [-0.15, -0.1) is 0 Å². The summed E-state index contributed by atoms with van der Waals surface area (Å²) >= 11 is 0. The Hall–Kier alpha value is -0.670. The van der Waals surface area contributed by atoms with Gasteiger partial charge in [-0.3, -0.25) is 0 Å². The Kier molecular flexibility index (Phi) is 2.11. The van der Waals surface area contributed by atoms with Gasteiger partial charge in [0.1, 0.15) is 0 Å². The highest BCUT2D eigenvalue weighted by Crippen LogP contribution is 2.42. The lowest BCUT2D eigenvalue weighted by atomic mass is 9.81. The molecule has 0 aliphatic heterocycles. The van der Waals surface area contributed by atoms with Crippen LogP contribution in [0.4, 0.5) is 8.78 Å². The standard InChI is InChI=1S/C7H12F2N2/c1-10-11(2)5-6-3-7(8,9)4-6/h6H,1,3-5H2,2H3. The van der Waals surface area contributed by atoms with Crippen LogP contribution in [-0.2, 0) is 0 Å². The molecule has 1 aliphatic carbocycles. The van der Waals surface area contributed by atoms with Gasteiger partial charge in [0, 0.05) is 33.2 Å². The van der Waals surface area contributed by atoms with Crippen molar-refractivity contribution >= 4 is 6.72 Å². The quantitative estimate of drug-likeness (QED) is 0.454. The number of hydrogen-bond donors (Lipinski definition) is 0. The highest BCUT2D eigenvalue weighted by molar-refractivity contribution is 5.22. The molecule has 0 aromatic rings. The lowest BCUT2D eigenvalue weighted by Gasteiger charge is -2.36. The van der Waals surface area contributed by atoms with Gasteiger partial charge in [0.05, 0.1) is 0 Å². The maximum atomic E-state index is 12.3. The number of nitrogens with zero attached hydrogens (tertiary/aromatic N) is 2. The molecule has 11 heavy (non-hydrogen) atoms. The smallest absolute Gasteiger partial charge is 0.248 e. The van der Waals surface area contributed by atoms with Crippen molar-refractivity contribution < 1.29 is 8.78 Å². The van der Waals surface area contributed by atoms with E-state index in [1.54, 1.807) is 12.1 Å². The summed E-state index contributed by atoms with van der Waals surface area (Å²) in [5, 5.41) is 5.19. The van der Waals surface area contributed by atoms with E-state index in [1.807, 2.05) is 0 Å². The molecule has 0 N–H and O–H groups in total. The second kappa shape index (κ2) is 2.75. The molecule has 0 aromatic heterocycles. The van der Waals surface area contributed by atoms with Gasteiger partial charge in [0.2, 0.25) is 5.92 Å². The van der Waals surface area contributed by atoms with E-state index in [0.717, 1.165) is 0 Å². The Labute approximate surface area is 64.9 Å². The molecule has 0 unspecified atom stereocenters. The minimum atomic E-state index is -2.41. The van der Waals surface area contributed by atoms with Gasteiger partial charge >= 0.3 is 0 Å². The van der Waals surface area contributed by atoms with Crippen LogP contribution in [0.15, 0.2) is 5.10 Å². The van der Waals surface area contributed by atoms with Gasteiger partial charge in [-0.05, 0) is 5.92 Å². The molecule has 1 aliphatic rings. The fourth-order valence-electron chi connectivity index (χ4n) is 1.35. The molecule has 0 aromatic carbocycles. The van der Waals surface area contributed by atoms with Crippen LogP contribution in [0.25, 0.3) is 0 Å². The lowest BCUT2D eigenvalue weighted by Crippen LogP contribution is -2.40. The van der Waals surface area contributed by atoms with E-state index in [-0.39, 0.29) is 18.8 Å². The maximum Gasteiger partial charge on any atom is 0.248 e. The van der Waals surface area contributed by atoms with Crippen LogP contribution in [0.2, 0.25) is 0 Å². The van der Waals surface area contributed by atoms with E-state index < -0.39 is 5.92 Å². The molecule has 0 radical (unpaired) electrons. The van der Waals surface area contributed by atoms with Gasteiger partial charge in [-0.25, -0.2) is 8.78 Å². The Bertz CT molecular complexity index is 151. The summed E-state index contributed by atoms with van der Waals surface area (Å²) in [6, 6.07) is 0. The molecule has 0 heterocycles. The fourth-order valence-corrected chi connectivity index (χ4v) is 1.35. The number of halogens is 2. The third-order valence-electron chi connectivity index (χ3n) is 1.94. The molecule has 1 fully saturated rings. The fraction of sp³-hybridized carbons (Fsp3) is 0.857. The van der Waals surface area contributed by atoms with E-state index in [4.69, 9.17) is 0 Å². The van der Waals surface area contributed by atoms with Crippen molar-refractivity contribution in [3.05, 3.63) is 0 Å². The second-order valence-electron chi connectivity index (χ2n) is 3.11. The van der Waals surface area contributed by atoms with Crippen molar-refractivity contribution in [2.75, 3.05) is 13.6 Å². The first kappa shape index (κ1) is 8.43. The summed E-state index contributed by atoms with van der Waals surface area (Å²) in [5.74, 6) is -2.31. The zero-order chi connectivity index (χ0) is 8.48. The average Bonchev–Trinajstić information content (AvgIpc) is 1.83. The first-order valence-corrected chi connectivity index (χ1v) is 3.59. The molecule has 2 nitrogen and oxygen atoms in total. The molecule has 0 bridgehead atoms. The van der Waals surface area contributed by atoms with Gasteiger partial charge in [-0.2, -0.15) is 5.10 Å². The number of alkyl halides is 2. The molecule has 64 valence electrons. The number of hydrogen-bond acceptors (Lipinski definition) is 2. The van der Waals surface area contributed by atoms with Gasteiger partial charge in [0.25, 0.3) is 0 Å². The molecule has 0 amide bonds. The minimum absolute atomic E-state index is 0.00681. The third kappa shape index (κ3) is 2.13. The molecule has 1 saturated carbocycles. The van der Waals surface area contributed by atoms with Crippen LogP contribution in [0.5, 0.6) is 0 Å². The zero-order valence-electron chi connectivity index (χ0n) is 6.56. The summed E-state index contributed by atoms with van der Waals surface area (Å²) in [5.41, 5.74) is 0. The van der Waals surface area contributed by atoms with E-state index in [0.29, 0.717) is 6.54 Å². The third-order valence-corrected chi connectivity index (χ3v) is 1.94. The van der Waals surface area contributed by atoms with Gasteiger partial charge in [-0.1, -0.05) is 0 Å². The summed E-state index contributed by atoms with van der Waals surface area (Å²) in [7, 11) is 1.74. The normalized spacial score (nSPS) is 22.5. The average molecular weight is 162 g/mol. The molecular weight excluding hydrogens is 150 g/mol. The summed E-state index contributed by atoms with van der Waals surface area (Å²) in [6.45, 7) is 3.89. The minimum Gasteiger partial charge on any atom is -0.300 e. The second-order valence-corrected chi connectivity index (χ2v) is 3.11. The first-order chi connectivity index (χ1) is 5.03. The van der Waals surface area contributed by atoms with Crippen molar-refractivity contribution in [2.24, 2.45) is 11.0 Å². The van der Waals surface area contributed by atoms with Crippen molar-refractivity contribution in [3.8, 4) is 0 Å². The number of hydrazone groups is 1. The monoisotopic (exact) mass is 162 g/mol. The van der Waals surface area contributed by atoms with E-state index in [2.05, 4.69) is 11.8 Å². The van der Waals surface area contributed by atoms with E-state index in [9.17, 15) is 8.78 Å². The van der Waals surface area contributed by atoms with Crippen LogP contribution in [-0.4, -0.2) is 31.2 Å². The molecule has 4 heteroatoms. The Balaban J connectivity index is 2.18. The molecule has 0 atom stereocenters. The van der Waals surface area contributed by atoms with Crippen molar-refractivity contribution in [1.82, 2.24) is 5.01 Å². The Morgan fingerprint density at radius 1 is 1.64 bits per heavy atom. The van der Waals surface area contributed by atoms with Crippen molar-refractivity contribution in [3.63, 3.8) is 0 Å². The largest absolute Gasteiger partial charge is 0.300 e. The predicted octanol–water partition coefficient (Wildman–Crippen LogP) is 1.58. The van der Waals surface area contributed by atoms with Crippen molar-refractivity contribution in [1.29, 1.82) is 0 Å². The highest BCUT2D eigenvalue weighted by atomic mass is 19.3. The van der Waals surface area contributed by atoms with Crippen LogP contribution in [0, 0.1) is 5.92 Å². The predicted molar refractivity (Wildman–Crippen MR) is 39.9 cm³/mol. The maximum absolute atomic E-state index is 12.3. The Morgan fingerprint density at radius 3 is 2.55 bits per heavy atom. The van der Waals surface area contributed by atoms with Crippen LogP contribution in [0.1, 0.15) is 12.8 Å². The lowest BCUT2D eigenvalue weighted by molar-refractivity contribution is -0.115. The molecule has 0 saturated heterocycles. The van der Waals surface area contributed by atoms with Crippen LogP contribution in [0.3, 0.4) is 0 Å². The SMILES string of the molecule is C=NN(C)CC1CC(F)(F)C1. The summed E-state index contributed by atoms with van der Waals surface area (Å²) in [4.78, 5) is 0. The first-order valence-electron chi connectivity index (χ1n) is 3.59. The topological polar surface area (TPSA) is 15.6 Å². The summed E-state index contributed by atoms with van der Waals surface area (Å²) < 4.78 is 24.6. The molecule has 1 rings (SSSR count). The van der Waals surface area contributed by atoms with Crippen LogP contribution >= 0.6 is 0 Å². The van der Waals surface area contributed by atoms with Gasteiger partial charge in [0.15, 0.2) is 0 Å². The zero-order valence-corrected chi connectivity index (χ0v) is 6.56. The van der Waals surface area contributed by atoms with E-state index in [1.165, 1.54) is 0 Å². The Morgan fingerprint density at radius 2 is 2.18 bits per heavy atom. The summed E-state index contributed by atoms with van der Waals surface area (Å²) in [6.07, 6.45) is 0.0136.